The van der Waals surface area contributed by atoms with Gasteiger partial charge in [0.1, 0.15) is 6.04 Å². The maximum Gasteiger partial charge on any atom is 0.254 e. The second-order valence-corrected chi connectivity index (χ2v) is 5.60. The highest BCUT2D eigenvalue weighted by molar-refractivity contribution is 5.94. The highest BCUT2D eigenvalue weighted by Gasteiger charge is 2.32. The molecule has 6 nitrogen and oxygen atoms in total. The van der Waals surface area contributed by atoms with E-state index in [2.05, 4.69) is 10.1 Å². The summed E-state index contributed by atoms with van der Waals surface area (Å²) in [6.07, 6.45) is 0. The van der Waals surface area contributed by atoms with E-state index in [0.717, 1.165) is 0 Å². The number of carbonyl (C=O) groups excluding carboxylic acids is 1. The number of nitrogens with zero attached hydrogens (tertiary/aromatic N) is 3. The normalized spacial score (nSPS) is 18.7. The van der Waals surface area contributed by atoms with Crippen molar-refractivity contribution in [3.05, 3.63) is 47.6 Å². The zero-order chi connectivity index (χ0) is 15.5. The summed E-state index contributed by atoms with van der Waals surface area (Å²) >= 11 is 0. The van der Waals surface area contributed by atoms with Crippen molar-refractivity contribution >= 4 is 5.91 Å². The number of morpholine rings is 1. The van der Waals surface area contributed by atoms with Crippen molar-refractivity contribution in [2.24, 2.45) is 0 Å². The smallest absolute Gasteiger partial charge is 0.254 e. The van der Waals surface area contributed by atoms with Gasteiger partial charge in [-0.2, -0.15) is 4.98 Å². The molecule has 0 saturated carbocycles. The fourth-order valence-electron chi connectivity index (χ4n) is 2.42. The van der Waals surface area contributed by atoms with Crippen LogP contribution in [0, 0.1) is 0 Å². The third-order valence-electron chi connectivity index (χ3n) is 3.66. The Morgan fingerprint density at radius 2 is 2.09 bits per heavy atom. The molecule has 2 aromatic rings. The van der Waals surface area contributed by atoms with Crippen molar-refractivity contribution in [3.63, 3.8) is 0 Å². The highest BCUT2D eigenvalue weighted by atomic mass is 16.5. The van der Waals surface area contributed by atoms with Crippen molar-refractivity contribution in [2.45, 2.75) is 25.8 Å². The first-order chi connectivity index (χ1) is 10.7. The topological polar surface area (TPSA) is 68.5 Å². The third-order valence-corrected chi connectivity index (χ3v) is 3.66. The van der Waals surface area contributed by atoms with Crippen LogP contribution in [0.1, 0.15) is 47.9 Å². The monoisotopic (exact) mass is 301 g/mol. The summed E-state index contributed by atoms with van der Waals surface area (Å²) in [4.78, 5) is 18.9. The number of carbonyl (C=O) groups is 1. The molecule has 0 N–H and O–H groups in total. The molecule has 2 heterocycles. The van der Waals surface area contributed by atoms with Gasteiger partial charge in [-0.3, -0.25) is 4.79 Å². The standard InChI is InChI=1S/C16H19N3O3/c1-11(2)15-17-14(18-22-15)13-10-21-9-8-19(13)16(20)12-6-4-3-5-7-12/h3-7,11,13H,8-10H2,1-2H3. The zero-order valence-corrected chi connectivity index (χ0v) is 12.7. The van der Waals surface area contributed by atoms with Crippen LogP contribution in [-0.2, 0) is 4.74 Å². The molecular weight excluding hydrogens is 282 g/mol. The summed E-state index contributed by atoms with van der Waals surface area (Å²) in [5, 5.41) is 4.03. The average molecular weight is 301 g/mol. The molecule has 1 unspecified atom stereocenters. The van der Waals surface area contributed by atoms with Gasteiger partial charge in [0.25, 0.3) is 5.91 Å². The van der Waals surface area contributed by atoms with Gasteiger partial charge in [0, 0.05) is 18.0 Å². The Labute approximate surface area is 129 Å². The number of ether oxygens (including phenoxy) is 1. The molecular formula is C16H19N3O3. The first-order valence-corrected chi connectivity index (χ1v) is 7.44. The summed E-state index contributed by atoms with van der Waals surface area (Å²) in [6, 6.07) is 8.91. The van der Waals surface area contributed by atoms with Crippen molar-refractivity contribution in [2.75, 3.05) is 19.8 Å². The molecule has 1 aromatic carbocycles. The first kappa shape index (κ1) is 14.7. The van der Waals surface area contributed by atoms with Crippen molar-refractivity contribution < 1.29 is 14.1 Å². The Kier molecular flexibility index (Phi) is 4.20. The summed E-state index contributed by atoms with van der Waals surface area (Å²) < 4.78 is 10.8. The van der Waals surface area contributed by atoms with Gasteiger partial charge in [0.15, 0.2) is 5.82 Å². The molecule has 22 heavy (non-hydrogen) atoms. The molecule has 1 atom stereocenters. The van der Waals surface area contributed by atoms with Crippen molar-refractivity contribution in [1.82, 2.24) is 15.0 Å². The maximum atomic E-state index is 12.7. The second-order valence-electron chi connectivity index (χ2n) is 5.60. The van der Waals surface area contributed by atoms with Crippen LogP contribution in [-0.4, -0.2) is 40.7 Å². The Morgan fingerprint density at radius 1 is 1.32 bits per heavy atom. The molecule has 116 valence electrons. The molecule has 0 aliphatic carbocycles. The Morgan fingerprint density at radius 3 is 2.77 bits per heavy atom. The Hall–Kier alpha value is -2.21. The summed E-state index contributed by atoms with van der Waals surface area (Å²) in [6.45, 7) is 5.40. The van der Waals surface area contributed by atoms with Crippen LogP contribution < -0.4 is 0 Å². The van der Waals surface area contributed by atoms with E-state index in [1.807, 2.05) is 44.2 Å². The summed E-state index contributed by atoms with van der Waals surface area (Å²) in [5.74, 6) is 1.20. The molecule has 1 amide bonds. The lowest BCUT2D eigenvalue weighted by molar-refractivity contribution is -0.00576. The van der Waals surface area contributed by atoms with Crippen LogP contribution >= 0.6 is 0 Å². The largest absolute Gasteiger partial charge is 0.377 e. The van der Waals surface area contributed by atoms with Crippen molar-refractivity contribution in [3.8, 4) is 0 Å². The third kappa shape index (κ3) is 2.87. The lowest BCUT2D eigenvalue weighted by Gasteiger charge is -2.33. The predicted molar refractivity (Wildman–Crippen MR) is 79.4 cm³/mol. The maximum absolute atomic E-state index is 12.7. The van der Waals surface area contributed by atoms with E-state index in [1.54, 1.807) is 4.90 Å². The van der Waals surface area contributed by atoms with Gasteiger partial charge in [-0.1, -0.05) is 37.2 Å². The fourth-order valence-corrected chi connectivity index (χ4v) is 2.42. The van der Waals surface area contributed by atoms with E-state index in [9.17, 15) is 4.79 Å². The number of hydrogen-bond donors (Lipinski definition) is 0. The van der Waals surface area contributed by atoms with E-state index in [4.69, 9.17) is 9.26 Å². The quantitative estimate of drug-likeness (QED) is 0.870. The molecule has 0 spiro atoms. The molecule has 0 bridgehead atoms. The van der Waals surface area contributed by atoms with E-state index >= 15 is 0 Å². The minimum atomic E-state index is -0.308. The molecule has 1 fully saturated rings. The van der Waals surface area contributed by atoms with Crippen LogP contribution in [0.5, 0.6) is 0 Å². The first-order valence-electron chi connectivity index (χ1n) is 7.44. The molecule has 1 aliphatic heterocycles. The van der Waals surface area contributed by atoms with E-state index in [1.165, 1.54) is 0 Å². The van der Waals surface area contributed by atoms with Gasteiger partial charge in [-0.05, 0) is 12.1 Å². The van der Waals surface area contributed by atoms with Gasteiger partial charge in [-0.25, -0.2) is 0 Å². The predicted octanol–water partition coefficient (Wildman–Crippen LogP) is 2.41. The molecule has 3 rings (SSSR count). The van der Waals surface area contributed by atoms with E-state index < -0.39 is 0 Å². The molecule has 0 radical (unpaired) electrons. The van der Waals surface area contributed by atoms with Crippen molar-refractivity contribution in [1.29, 1.82) is 0 Å². The molecule has 6 heteroatoms. The lowest BCUT2D eigenvalue weighted by Crippen LogP contribution is -2.43. The number of benzene rings is 1. The van der Waals surface area contributed by atoms with Crippen LogP contribution in [0.4, 0.5) is 0 Å². The Balaban J connectivity index is 1.86. The molecule has 1 aliphatic rings. The van der Waals surface area contributed by atoms with Gasteiger partial charge in [0.2, 0.25) is 5.89 Å². The number of hydrogen-bond acceptors (Lipinski definition) is 5. The second kappa shape index (κ2) is 6.27. The average Bonchev–Trinajstić information content (AvgIpc) is 3.05. The molecule has 1 aromatic heterocycles. The molecule has 1 saturated heterocycles. The highest BCUT2D eigenvalue weighted by Crippen LogP contribution is 2.25. The van der Waals surface area contributed by atoms with Crippen LogP contribution in [0.15, 0.2) is 34.9 Å². The lowest BCUT2D eigenvalue weighted by atomic mass is 10.1. The van der Waals surface area contributed by atoms with Gasteiger partial charge in [0.05, 0.1) is 13.2 Å². The van der Waals surface area contributed by atoms with E-state index in [0.29, 0.717) is 37.0 Å². The van der Waals surface area contributed by atoms with E-state index in [-0.39, 0.29) is 17.9 Å². The van der Waals surface area contributed by atoms with Crippen LogP contribution in [0.2, 0.25) is 0 Å². The van der Waals surface area contributed by atoms with Crippen LogP contribution in [0.3, 0.4) is 0 Å². The SMILES string of the molecule is CC(C)c1nc(C2COCCN2C(=O)c2ccccc2)no1. The van der Waals surface area contributed by atoms with Gasteiger partial charge < -0.3 is 14.2 Å². The van der Waals surface area contributed by atoms with Gasteiger partial charge in [-0.15, -0.1) is 0 Å². The zero-order valence-electron chi connectivity index (χ0n) is 12.7. The number of aromatic nitrogens is 2. The minimum absolute atomic E-state index is 0.0372. The Bertz CT molecular complexity index is 639. The number of rotatable bonds is 3. The number of amides is 1. The fraction of sp³-hybridized carbons (Fsp3) is 0.438. The summed E-state index contributed by atoms with van der Waals surface area (Å²) in [7, 11) is 0. The van der Waals surface area contributed by atoms with Gasteiger partial charge >= 0.3 is 0 Å². The minimum Gasteiger partial charge on any atom is -0.377 e. The summed E-state index contributed by atoms with van der Waals surface area (Å²) in [5.41, 5.74) is 0.655. The van der Waals surface area contributed by atoms with Crippen LogP contribution in [0.25, 0.3) is 0 Å².